The number of ether oxygens (including phenoxy) is 1. The van der Waals surface area contributed by atoms with Gasteiger partial charge < -0.3 is 15.0 Å². The van der Waals surface area contributed by atoms with Gasteiger partial charge in [-0.25, -0.2) is 0 Å². The van der Waals surface area contributed by atoms with Gasteiger partial charge >= 0.3 is 0 Å². The van der Waals surface area contributed by atoms with E-state index in [1.54, 1.807) is 0 Å². The van der Waals surface area contributed by atoms with E-state index in [4.69, 9.17) is 4.74 Å². The average Bonchev–Trinajstić information content (AvgIpc) is 2.66. The van der Waals surface area contributed by atoms with Crippen molar-refractivity contribution in [1.82, 2.24) is 10.3 Å². The van der Waals surface area contributed by atoms with Crippen molar-refractivity contribution in [2.75, 3.05) is 20.2 Å². The first-order valence-electron chi connectivity index (χ1n) is 6.65. The summed E-state index contributed by atoms with van der Waals surface area (Å²) in [4.78, 5) is 3.45. The largest absolute Gasteiger partial charge is 0.494 e. The van der Waals surface area contributed by atoms with Crippen LogP contribution in [0.15, 0.2) is 18.2 Å². The van der Waals surface area contributed by atoms with Crippen molar-refractivity contribution >= 4 is 10.9 Å². The molecule has 0 aliphatic carbocycles. The summed E-state index contributed by atoms with van der Waals surface area (Å²) in [7, 11) is 2.00. The molecule has 1 heterocycles. The van der Waals surface area contributed by atoms with Crippen LogP contribution in [0.1, 0.15) is 24.6 Å². The van der Waals surface area contributed by atoms with E-state index < -0.39 is 0 Å². The molecule has 0 saturated carbocycles. The number of benzene rings is 1. The number of aromatic amines is 1. The second-order valence-electron chi connectivity index (χ2n) is 4.58. The Bertz CT molecular complexity index is 516. The van der Waals surface area contributed by atoms with Gasteiger partial charge in [0.15, 0.2) is 0 Å². The summed E-state index contributed by atoms with van der Waals surface area (Å²) < 4.78 is 5.58. The first-order chi connectivity index (χ1) is 8.76. The molecule has 0 unspecified atom stereocenters. The van der Waals surface area contributed by atoms with Crippen LogP contribution in [-0.2, 0) is 6.42 Å². The first-order valence-corrected chi connectivity index (χ1v) is 6.65. The molecule has 3 nitrogen and oxygen atoms in total. The van der Waals surface area contributed by atoms with E-state index >= 15 is 0 Å². The summed E-state index contributed by atoms with van der Waals surface area (Å²) in [6.07, 6.45) is 2.26. The summed E-state index contributed by atoms with van der Waals surface area (Å²) in [6, 6.07) is 6.28. The Balaban J connectivity index is 2.31. The third kappa shape index (κ3) is 2.67. The molecule has 18 heavy (non-hydrogen) atoms. The lowest BCUT2D eigenvalue weighted by molar-refractivity contribution is 0.340. The predicted molar refractivity (Wildman–Crippen MR) is 76.5 cm³/mol. The van der Waals surface area contributed by atoms with Crippen molar-refractivity contribution in [2.24, 2.45) is 0 Å². The number of fused-ring (bicyclic) bond motifs is 1. The predicted octanol–water partition coefficient (Wildman–Crippen LogP) is 3.03. The molecule has 0 aliphatic heterocycles. The maximum atomic E-state index is 5.58. The molecule has 2 N–H and O–H groups in total. The van der Waals surface area contributed by atoms with Crippen LogP contribution in [0.25, 0.3) is 10.9 Å². The highest BCUT2D eigenvalue weighted by Crippen LogP contribution is 2.27. The monoisotopic (exact) mass is 246 g/mol. The Labute approximate surface area is 109 Å². The third-order valence-corrected chi connectivity index (χ3v) is 3.26. The van der Waals surface area contributed by atoms with Gasteiger partial charge in [0, 0.05) is 16.6 Å². The van der Waals surface area contributed by atoms with Crippen molar-refractivity contribution in [3.05, 3.63) is 29.5 Å². The number of aryl methyl sites for hydroxylation is 2. The van der Waals surface area contributed by atoms with Crippen LogP contribution in [0.4, 0.5) is 0 Å². The van der Waals surface area contributed by atoms with Crippen LogP contribution in [0, 0.1) is 6.92 Å². The van der Waals surface area contributed by atoms with E-state index in [-0.39, 0.29) is 0 Å². The van der Waals surface area contributed by atoms with Gasteiger partial charge in [0.05, 0.1) is 6.61 Å². The SMILES string of the molecule is CCOc1ccc2[nH]c(C)c(CCCNC)c2c1. The minimum Gasteiger partial charge on any atom is -0.494 e. The third-order valence-electron chi connectivity index (χ3n) is 3.26. The zero-order valence-corrected chi connectivity index (χ0v) is 11.5. The molecule has 0 radical (unpaired) electrons. The lowest BCUT2D eigenvalue weighted by Crippen LogP contribution is -2.08. The van der Waals surface area contributed by atoms with Crippen molar-refractivity contribution in [3.63, 3.8) is 0 Å². The quantitative estimate of drug-likeness (QED) is 0.769. The smallest absolute Gasteiger partial charge is 0.120 e. The lowest BCUT2D eigenvalue weighted by Gasteiger charge is -2.04. The molecule has 1 aromatic heterocycles. The molecular weight excluding hydrogens is 224 g/mol. The summed E-state index contributed by atoms with van der Waals surface area (Å²) in [5.74, 6) is 0.957. The maximum Gasteiger partial charge on any atom is 0.120 e. The molecule has 0 fully saturated rings. The lowest BCUT2D eigenvalue weighted by atomic mass is 10.1. The number of H-pyrrole nitrogens is 1. The highest BCUT2D eigenvalue weighted by Gasteiger charge is 2.09. The molecule has 3 heteroatoms. The summed E-state index contributed by atoms with van der Waals surface area (Å²) in [5.41, 5.74) is 3.90. The van der Waals surface area contributed by atoms with Gasteiger partial charge in [-0.2, -0.15) is 0 Å². The molecule has 0 saturated heterocycles. The molecule has 98 valence electrons. The van der Waals surface area contributed by atoms with E-state index in [9.17, 15) is 0 Å². The average molecular weight is 246 g/mol. The Hall–Kier alpha value is -1.48. The molecule has 0 atom stereocenters. The van der Waals surface area contributed by atoms with Gasteiger partial charge in [0.25, 0.3) is 0 Å². The summed E-state index contributed by atoms with van der Waals surface area (Å²) in [6.45, 7) is 5.93. The Morgan fingerprint density at radius 1 is 1.33 bits per heavy atom. The van der Waals surface area contributed by atoms with Crippen molar-refractivity contribution in [2.45, 2.75) is 26.7 Å². The topological polar surface area (TPSA) is 37.0 Å². The fourth-order valence-electron chi connectivity index (χ4n) is 2.38. The Morgan fingerprint density at radius 2 is 2.17 bits per heavy atom. The minimum absolute atomic E-state index is 0.712. The number of nitrogens with one attached hydrogen (secondary N) is 2. The molecule has 2 aromatic rings. The minimum atomic E-state index is 0.712. The molecule has 1 aromatic carbocycles. The van der Waals surface area contributed by atoms with Crippen molar-refractivity contribution < 1.29 is 4.74 Å². The molecule has 0 aliphatic rings. The van der Waals surface area contributed by atoms with Crippen LogP contribution < -0.4 is 10.1 Å². The van der Waals surface area contributed by atoms with Crippen LogP contribution in [0.2, 0.25) is 0 Å². The van der Waals surface area contributed by atoms with Gasteiger partial charge in [-0.15, -0.1) is 0 Å². The van der Waals surface area contributed by atoms with Gasteiger partial charge in [0.2, 0.25) is 0 Å². The first kappa shape index (κ1) is 13.0. The molecule has 0 bridgehead atoms. The molecule has 0 spiro atoms. The zero-order chi connectivity index (χ0) is 13.0. The fourth-order valence-corrected chi connectivity index (χ4v) is 2.38. The molecular formula is C15H22N2O. The van der Waals surface area contributed by atoms with E-state index in [1.165, 1.54) is 22.2 Å². The normalized spacial score (nSPS) is 11.1. The molecule has 0 amide bonds. The van der Waals surface area contributed by atoms with Crippen molar-refractivity contribution in [1.29, 1.82) is 0 Å². The van der Waals surface area contributed by atoms with Gasteiger partial charge in [-0.1, -0.05) is 0 Å². The number of aromatic nitrogens is 1. The van der Waals surface area contributed by atoms with E-state index in [1.807, 2.05) is 20.0 Å². The van der Waals surface area contributed by atoms with E-state index in [0.717, 1.165) is 25.1 Å². The molecule has 2 rings (SSSR count). The van der Waals surface area contributed by atoms with Crippen LogP contribution in [0.5, 0.6) is 5.75 Å². The zero-order valence-electron chi connectivity index (χ0n) is 11.5. The standard InChI is InChI=1S/C15H22N2O/c1-4-18-12-7-8-15-14(10-12)13(11(2)17-15)6-5-9-16-3/h7-8,10,16-17H,4-6,9H2,1-3H3. The second-order valence-corrected chi connectivity index (χ2v) is 4.58. The van der Waals surface area contributed by atoms with Gasteiger partial charge in [-0.3, -0.25) is 0 Å². The fraction of sp³-hybridized carbons (Fsp3) is 0.467. The highest BCUT2D eigenvalue weighted by molar-refractivity contribution is 5.86. The van der Waals surface area contributed by atoms with Crippen LogP contribution in [-0.4, -0.2) is 25.2 Å². The highest BCUT2D eigenvalue weighted by atomic mass is 16.5. The van der Waals surface area contributed by atoms with Crippen LogP contribution >= 0.6 is 0 Å². The van der Waals surface area contributed by atoms with Gasteiger partial charge in [-0.05, 0) is 64.0 Å². The number of hydrogen-bond acceptors (Lipinski definition) is 2. The Kier molecular flexibility index (Phi) is 4.26. The van der Waals surface area contributed by atoms with Crippen molar-refractivity contribution in [3.8, 4) is 5.75 Å². The Morgan fingerprint density at radius 3 is 2.89 bits per heavy atom. The van der Waals surface area contributed by atoms with Crippen LogP contribution in [0.3, 0.4) is 0 Å². The van der Waals surface area contributed by atoms with E-state index in [2.05, 4.69) is 29.4 Å². The maximum absolute atomic E-state index is 5.58. The summed E-state index contributed by atoms with van der Waals surface area (Å²) in [5, 5.41) is 4.49. The summed E-state index contributed by atoms with van der Waals surface area (Å²) >= 11 is 0. The van der Waals surface area contributed by atoms with Gasteiger partial charge in [0.1, 0.15) is 5.75 Å². The number of hydrogen-bond donors (Lipinski definition) is 2. The number of rotatable bonds is 6. The second kappa shape index (κ2) is 5.91. The van der Waals surface area contributed by atoms with E-state index in [0.29, 0.717) is 6.61 Å².